The molecule has 4 unspecified atom stereocenters. The second kappa shape index (κ2) is 6.63. The average molecular weight is 371 g/mol. The zero-order chi connectivity index (χ0) is 18.2. The molecule has 2 aliphatic heterocycles. The quantitative estimate of drug-likeness (QED) is 0.658. The molecule has 26 heavy (non-hydrogen) atoms. The number of nitrogens with zero attached hydrogens (tertiary/aromatic N) is 4. The summed E-state index contributed by atoms with van der Waals surface area (Å²) in [5, 5.41) is 17.3. The zero-order valence-electron chi connectivity index (χ0n) is 15.1. The first kappa shape index (κ1) is 17.4. The Morgan fingerprint density at radius 2 is 2.27 bits per heavy atom. The summed E-state index contributed by atoms with van der Waals surface area (Å²) in [6, 6.07) is 8.74. The minimum Gasteiger partial charge on any atom is -0.295 e. The number of H-pyrrole nitrogens is 1. The number of thioether (sulfide) groups is 1. The number of rotatable bonds is 4. The fraction of sp³-hybridized carbons (Fsp3) is 0.474. The maximum absolute atomic E-state index is 12.6. The molecule has 1 fully saturated rings. The van der Waals surface area contributed by atoms with Crippen LogP contribution < -0.4 is 4.48 Å². The van der Waals surface area contributed by atoms with Crippen LogP contribution in [-0.4, -0.2) is 38.3 Å². The van der Waals surface area contributed by atoms with Gasteiger partial charge in [0.25, 0.3) is 0 Å². The minimum absolute atomic E-state index is 0.0916. The van der Waals surface area contributed by atoms with E-state index in [9.17, 15) is 4.79 Å². The molecule has 0 aliphatic carbocycles. The minimum atomic E-state index is -0.668. The van der Waals surface area contributed by atoms with Gasteiger partial charge in [-0.1, -0.05) is 64.8 Å². The number of aromatic nitrogens is 4. The fourth-order valence-electron chi connectivity index (χ4n) is 4.71. The van der Waals surface area contributed by atoms with Crippen molar-refractivity contribution in [3.8, 4) is 0 Å². The number of benzene rings is 1. The lowest BCUT2D eigenvalue weighted by Crippen LogP contribution is -2.70. The van der Waals surface area contributed by atoms with E-state index in [0.717, 1.165) is 32.1 Å². The molecular formula is C19H24N5OS+. The molecular weight excluding hydrogens is 346 g/mol. The summed E-state index contributed by atoms with van der Waals surface area (Å²) in [4.78, 5) is 12.0. The van der Waals surface area contributed by atoms with Crippen molar-refractivity contribution in [3.05, 3.63) is 46.9 Å². The lowest BCUT2D eigenvalue weighted by atomic mass is 9.86. The molecule has 7 heteroatoms. The van der Waals surface area contributed by atoms with Gasteiger partial charge >= 0.3 is 5.95 Å². The molecule has 2 aliphatic rings. The normalized spacial score (nSPS) is 34.1. The number of piperidine rings is 1. The summed E-state index contributed by atoms with van der Waals surface area (Å²) in [6.45, 7) is 5.06. The second-order valence-corrected chi connectivity index (χ2v) is 8.50. The number of nitrogens with one attached hydrogen (secondary N) is 1. The van der Waals surface area contributed by atoms with E-state index >= 15 is 0 Å². The van der Waals surface area contributed by atoms with Crippen LogP contribution in [0.1, 0.15) is 43.4 Å². The van der Waals surface area contributed by atoms with Gasteiger partial charge in [0.05, 0.1) is 6.54 Å². The van der Waals surface area contributed by atoms with Crippen molar-refractivity contribution >= 4 is 24.0 Å². The molecule has 0 saturated carbocycles. The summed E-state index contributed by atoms with van der Waals surface area (Å²) < 4.78 is 0.426. The van der Waals surface area contributed by atoms with Crippen molar-refractivity contribution < 1.29 is 4.79 Å². The van der Waals surface area contributed by atoms with E-state index in [-0.39, 0.29) is 12.0 Å². The zero-order valence-corrected chi connectivity index (χ0v) is 15.9. The van der Waals surface area contributed by atoms with Gasteiger partial charge in [-0.15, -0.1) is 0 Å². The van der Waals surface area contributed by atoms with Crippen LogP contribution in [0.5, 0.6) is 0 Å². The Bertz CT molecular complexity index is 823. The van der Waals surface area contributed by atoms with Gasteiger partial charge in [0.1, 0.15) is 6.04 Å². The highest BCUT2D eigenvalue weighted by Crippen LogP contribution is 2.55. The Balaban J connectivity index is 1.96. The first-order valence-corrected chi connectivity index (χ1v) is 10.0. The number of hydrogen-bond acceptors (Lipinski definition) is 5. The van der Waals surface area contributed by atoms with Gasteiger partial charge in [-0.2, -0.15) is 5.21 Å². The van der Waals surface area contributed by atoms with E-state index in [1.54, 1.807) is 11.8 Å². The molecule has 2 aromatic rings. The van der Waals surface area contributed by atoms with E-state index in [1.807, 2.05) is 0 Å². The smallest absolute Gasteiger partial charge is 0.295 e. The Labute approximate surface area is 157 Å². The van der Waals surface area contributed by atoms with Crippen LogP contribution in [0.3, 0.4) is 0 Å². The number of hydrogen-bond donors (Lipinski definition) is 1. The first-order chi connectivity index (χ1) is 12.6. The predicted molar refractivity (Wildman–Crippen MR) is 103 cm³/mol. The first-order valence-electron chi connectivity index (χ1n) is 9.13. The van der Waals surface area contributed by atoms with E-state index in [4.69, 9.17) is 0 Å². The van der Waals surface area contributed by atoms with Crippen molar-refractivity contribution in [1.82, 2.24) is 25.1 Å². The van der Waals surface area contributed by atoms with E-state index in [0.29, 0.717) is 10.4 Å². The van der Waals surface area contributed by atoms with Gasteiger partial charge in [0.2, 0.25) is 4.87 Å². The number of aryl methyl sites for hydroxylation is 1. The SMILES string of the molecule is Cc1cccc(C2CCCC[N+]2(c2nn[nH]n2)C2(C=O)SC=CC2C)c1. The average Bonchev–Trinajstić information content (AvgIpc) is 3.32. The van der Waals surface area contributed by atoms with Gasteiger partial charge in [0.15, 0.2) is 6.29 Å². The molecule has 4 rings (SSSR count). The Kier molecular flexibility index (Phi) is 4.44. The van der Waals surface area contributed by atoms with Crippen LogP contribution in [0.25, 0.3) is 0 Å². The molecule has 0 spiro atoms. The van der Waals surface area contributed by atoms with Gasteiger partial charge in [0, 0.05) is 17.9 Å². The van der Waals surface area contributed by atoms with Crippen LogP contribution >= 0.6 is 11.8 Å². The molecule has 1 saturated heterocycles. The number of aldehydes is 1. The Morgan fingerprint density at radius 3 is 2.92 bits per heavy atom. The highest BCUT2D eigenvalue weighted by Gasteiger charge is 2.64. The number of tetrazole rings is 1. The van der Waals surface area contributed by atoms with E-state index < -0.39 is 4.87 Å². The Hall–Kier alpha value is -1.99. The topological polar surface area (TPSA) is 71.5 Å². The predicted octanol–water partition coefficient (Wildman–Crippen LogP) is 3.53. The molecule has 0 radical (unpaired) electrons. The summed E-state index contributed by atoms with van der Waals surface area (Å²) in [5.74, 6) is 0.709. The summed E-state index contributed by atoms with van der Waals surface area (Å²) in [7, 11) is 0. The fourth-order valence-corrected chi connectivity index (χ4v) is 6.08. The third kappa shape index (κ3) is 2.37. The highest BCUT2D eigenvalue weighted by molar-refractivity contribution is 8.04. The summed E-state index contributed by atoms with van der Waals surface area (Å²) >= 11 is 1.61. The van der Waals surface area contributed by atoms with Crippen LogP contribution in [0.2, 0.25) is 0 Å². The standard InChI is InChI=1S/C19H24N5OS/c1-14-6-5-7-16(12-14)17-8-3-4-10-24(17,18-20-22-23-21-18)19(13-25)15(2)9-11-26-19/h5-7,9,11-13,15,17H,3-4,8,10H2,1-2H3,(H,20,21,22,23)/q+1. The molecule has 1 N–H and O–H groups in total. The molecule has 1 aromatic heterocycles. The monoisotopic (exact) mass is 370 g/mol. The molecule has 4 atom stereocenters. The largest absolute Gasteiger partial charge is 0.369 e. The van der Waals surface area contributed by atoms with Crippen LogP contribution in [-0.2, 0) is 4.79 Å². The van der Waals surface area contributed by atoms with Gasteiger partial charge in [-0.05, 0) is 30.4 Å². The molecule has 3 heterocycles. The maximum atomic E-state index is 12.6. The summed E-state index contributed by atoms with van der Waals surface area (Å²) in [6.07, 6.45) is 6.44. The molecule has 0 bridgehead atoms. The van der Waals surface area contributed by atoms with Crippen molar-refractivity contribution in [2.45, 2.75) is 44.0 Å². The van der Waals surface area contributed by atoms with Crippen molar-refractivity contribution in [3.63, 3.8) is 0 Å². The molecule has 1 aromatic carbocycles. The van der Waals surface area contributed by atoms with E-state index in [2.05, 4.69) is 70.2 Å². The molecule has 0 amide bonds. The van der Waals surface area contributed by atoms with E-state index in [1.165, 1.54) is 11.1 Å². The van der Waals surface area contributed by atoms with Crippen molar-refractivity contribution in [2.24, 2.45) is 5.92 Å². The lowest BCUT2D eigenvalue weighted by Gasteiger charge is -2.53. The number of quaternary nitrogens is 1. The molecule has 6 nitrogen and oxygen atoms in total. The van der Waals surface area contributed by atoms with Crippen LogP contribution in [0.4, 0.5) is 5.95 Å². The number of carbonyl (C=O) groups excluding carboxylic acids is 1. The van der Waals surface area contributed by atoms with Crippen molar-refractivity contribution in [1.29, 1.82) is 0 Å². The van der Waals surface area contributed by atoms with Crippen LogP contribution in [0, 0.1) is 12.8 Å². The van der Waals surface area contributed by atoms with Gasteiger partial charge < -0.3 is 0 Å². The van der Waals surface area contributed by atoms with Crippen LogP contribution in [0.15, 0.2) is 35.7 Å². The third-order valence-corrected chi connectivity index (χ3v) is 7.42. The van der Waals surface area contributed by atoms with Gasteiger partial charge in [-0.25, -0.2) is 4.48 Å². The number of carbonyl (C=O) groups is 1. The lowest BCUT2D eigenvalue weighted by molar-refractivity contribution is -0.117. The highest BCUT2D eigenvalue weighted by atomic mass is 32.2. The number of likely N-dealkylation sites (tertiary alicyclic amines) is 1. The van der Waals surface area contributed by atoms with Gasteiger partial charge in [-0.3, -0.25) is 4.79 Å². The maximum Gasteiger partial charge on any atom is 0.369 e. The Morgan fingerprint density at radius 1 is 1.38 bits per heavy atom. The van der Waals surface area contributed by atoms with Crippen molar-refractivity contribution in [2.75, 3.05) is 6.54 Å². The second-order valence-electron chi connectivity index (χ2n) is 7.33. The number of aromatic amines is 1. The third-order valence-electron chi connectivity index (χ3n) is 5.96. The summed E-state index contributed by atoms with van der Waals surface area (Å²) in [5.41, 5.74) is 2.47. The molecule has 136 valence electrons.